The minimum Gasteiger partial charge on any atom is -0.486 e. The van der Waals surface area contributed by atoms with E-state index in [-0.39, 0.29) is 11.9 Å². The SMILES string of the molecule is C[C@H](NC(=O)COC(=O)/C=C/c1nc2ccccc2o1)c1ccc2c(c1)OCCO2. The maximum absolute atomic E-state index is 12.1. The number of carbonyl (C=O) groups is 2. The first kappa shape index (κ1) is 19.5. The first-order valence-electron chi connectivity index (χ1n) is 9.48. The summed E-state index contributed by atoms with van der Waals surface area (Å²) in [5.41, 5.74) is 2.17. The Labute approximate surface area is 172 Å². The number of rotatable bonds is 6. The summed E-state index contributed by atoms with van der Waals surface area (Å²) in [6.07, 6.45) is 2.57. The Kier molecular flexibility index (Phi) is 5.65. The molecule has 30 heavy (non-hydrogen) atoms. The highest BCUT2D eigenvalue weighted by atomic mass is 16.6. The Morgan fingerprint density at radius 3 is 2.80 bits per heavy atom. The molecule has 0 radical (unpaired) electrons. The molecule has 0 fully saturated rings. The number of nitrogens with one attached hydrogen (secondary N) is 1. The Balaban J connectivity index is 1.27. The Morgan fingerprint density at radius 1 is 1.17 bits per heavy atom. The van der Waals surface area contributed by atoms with E-state index >= 15 is 0 Å². The lowest BCUT2D eigenvalue weighted by molar-refractivity contribution is -0.144. The van der Waals surface area contributed by atoms with Crippen molar-refractivity contribution in [1.29, 1.82) is 0 Å². The normalized spacial score (nSPS) is 13.9. The molecule has 1 aromatic heterocycles. The van der Waals surface area contributed by atoms with Gasteiger partial charge in [0, 0.05) is 12.2 Å². The molecule has 1 N–H and O–H groups in total. The number of carbonyl (C=O) groups excluding carboxylic acids is 2. The quantitative estimate of drug-likeness (QED) is 0.494. The average Bonchev–Trinajstić information content (AvgIpc) is 3.19. The number of hydrogen-bond donors (Lipinski definition) is 1. The number of nitrogens with zero attached hydrogens (tertiary/aromatic N) is 1. The fourth-order valence-corrected chi connectivity index (χ4v) is 2.98. The molecule has 1 atom stereocenters. The molecule has 0 spiro atoms. The van der Waals surface area contributed by atoms with Gasteiger partial charge < -0.3 is 23.9 Å². The topological polar surface area (TPSA) is 99.9 Å². The number of para-hydroxylation sites is 2. The first-order valence-corrected chi connectivity index (χ1v) is 9.48. The van der Waals surface area contributed by atoms with Crippen molar-refractivity contribution in [2.24, 2.45) is 0 Å². The van der Waals surface area contributed by atoms with E-state index in [0.29, 0.717) is 35.8 Å². The van der Waals surface area contributed by atoms with Gasteiger partial charge in [0.25, 0.3) is 5.91 Å². The zero-order valence-electron chi connectivity index (χ0n) is 16.3. The van der Waals surface area contributed by atoms with Crippen molar-refractivity contribution in [1.82, 2.24) is 10.3 Å². The van der Waals surface area contributed by atoms with Crippen molar-refractivity contribution in [2.75, 3.05) is 19.8 Å². The van der Waals surface area contributed by atoms with Crippen molar-refractivity contribution in [3.63, 3.8) is 0 Å². The lowest BCUT2D eigenvalue weighted by atomic mass is 10.1. The number of aromatic nitrogens is 1. The molecule has 0 unspecified atom stereocenters. The van der Waals surface area contributed by atoms with Crippen LogP contribution in [-0.2, 0) is 14.3 Å². The van der Waals surface area contributed by atoms with Crippen molar-refractivity contribution in [3.05, 3.63) is 60.0 Å². The summed E-state index contributed by atoms with van der Waals surface area (Å²) < 4.78 is 21.5. The number of benzene rings is 2. The van der Waals surface area contributed by atoms with Crippen LogP contribution < -0.4 is 14.8 Å². The summed E-state index contributed by atoms with van der Waals surface area (Å²) >= 11 is 0. The summed E-state index contributed by atoms with van der Waals surface area (Å²) in [6, 6.07) is 12.5. The summed E-state index contributed by atoms with van der Waals surface area (Å²) in [5, 5.41) is 2.78. The lowest BCUT2D eigenvalue weighted by Crippen LogP contribution is -2.31. The van der Waals surface area contributed by atoms with Crippen LogP contribution >= 0.6 is 0 Å². The molecule has 1 amide bonds. The molecule has 8 heteroatoms. The van der Waals surface area contributed by atoms with Gasteiger partial charge in [-0.1, -0.05) is 18.2 Å². The molecule has 0 saturated heterocycles. The molecule has 2 aromatic carbocycles. The van der Waals surface area contributed by atoms with Crippen molar-refractivity contribution in [2.45, 2.75) is 13.0 Å². The molecule has 2 heterocycles. The number of amides is 1. The van der Waals surface area contributed by atoms with E-state index in [2.05, 4.69) is 10.3 Å². The van der Waals surface area contributed by atoms with Gasteiger partial charge in [0.2, 0.25) is 5.89 Å². The van der Waals surface area contributed by atoms with Crippen molar-refractivity contribution in [3.8, 4) is 11.5 Å². The monoisotopic (exact) mass is 408 g/mol. The van der Waals surface area contributed by atoms with Crippen LogP contribution in [0.25, 0.3) is 17.2 Å². The molecule has 0 saturated carbocycles. The highest BCUT2D eigenvalue weighted by Crippen LogP contribution is 2.32. The second kappa shape index (κ2) is 8.69. The second-order valence-corrected chi connectivity index (χ2v) is 6.65. The van der Waals surface area contributed by atoms with Gasteiger partial charge in [0.1, 0.15) is 18.7 Å². The lowest BCUT2D eigenvalue weighted by Gasteiger charge is -2.21. The molecular weight excluding hydrogens is 388 g/mol. The standard InChI is InChI=1S/C22H20N2O6/c1-14(15-6-7-18-19(12-15)28-11-10-27-18)23-20(25)13-29-22(26)9-8-21-24-16-4-2-3-5-17(16)30-21/h2-9,12,14H,10-11,13H2,1H3,(H,23,25)/b9-8+/t14-/m0/s1. The summed E-state index contributed by atoms with van der Waals surface area (Å²) in [6.45, 7) is 2.44. The third kappa shape index (κ3) is 4.60. The maximum atomic E-state index is 12.1. The number of esters is 1. The predicted molar refractivity (Wildman–Crippen MR) is 108 cm³/mol. The fourth-order valence-electron chi connectivity index (χ4n) is 2.98. The van der Waals surface area contributed by atoms with Crippen molar-refractivity contribution < 1.29 is 28.2 Å². The van der Waals surface area contributed by atoms with E-state index in [1.807, 2.05) is 43.3 Å². The van der Waals surface area contributed by atoms with E-state index < -0.39 is 18.5 Å². The van der Waals surface area contributed by atoms with E-state index in [0.717, 1.165) is 5.56 Å². The Morgan fingerprint density at radius 2 is 1.97 bits per heavy atom. The van der Waals surface area contributed by atoms with Crippen LogP contribution in [0.2, 0.25) is 0 Å². The van der Waals surface area contributed by atoms with Crippen LogP contribution in [0.15, 0.2) is 53.0 Å². The molecule has 8 nitrogen and oxygen atoms in total. The third-order valence-electron chi connectivity index (χ3n) is 4.46. The number of ether oxygens (including phenoxy) is 3. The highest BCUT2D eigenvalue weighted by molar-refractivity contribution is 5.89. The molecule has 1 aliphatic heterocycles. The minimum atomic E-state index is -0.667. The summed E-state index contributed by atoms with van der Waals surface area (Å²) in [4.78, 5) is 28.2. The number of oxazole rings is 1. The number of fused-ring (bicyclic) bond motifs is 2. The van der Waals surface area contributed by atoms with E-state index in [1.165, 1.54) is 12.2 Å². The van der Waals surface area contributed by atoms with Gasteiger partial charge in [-0.15, -0.1) is 0 Å². The molecule has 0 aliphatic carbocycles. The fraction of sp³-hybridized carbons (Fsp3) is 0.227. The predicted octanol–water partition coefficient (Wildman–Crippen LogP) is 3.03. The highest BCUT2D eigenvalue weighted by Gasteiger charge is 2.16. The largest absolute Gasteiger partial charge is 0.486 e. The van der Waals surface area contributed by atoms with Crippen LogP contribution in [-0.4, -0.2) is 36.7 Å². The van der Waals surface area contributed by atoms with Gasteiger partial charge in [-0.3, -0.25) is 4.79 Å². The van der Waals surface area contributed by atoms with Crippen LogP contribution in [0.1, 0.15) is 24.4 Å². The van der Waals surface area contributed by atoms with Crippen LogP contribution in [0.4, 0.5) is 0 Å². The first-order chi connectivity index (χ1) is 14.6. The average molecular weight is 408 g/mol. The third-order valence-corrected chi connectivity index (χ3v) is 4.46. The summed E-state index contributed by atoms with van der Waals surface area (Å²) in [7, 11) is 0. The second-order valence-electron chi connectivity index (χ2n) is 6.65. The van der Waals surface area contributed by atoms with Crippen LogP contribution in [0.5, 0.6) is 11.5 Å². The Hall–Kier alpha value is -3.81. The zero-order valence-corrected chi connectivity index (χ0v) is 16.3. The minimum absolute atomic E-state index is 0.282. The maximum Gasteiger partial charge on any atom is 0.331 e. The van der Waals surface area contributed by atoms with E-state index in [9.17, 15) is 9.59 Å². The smallest absolute Gasteiger partial charge is 0.331 e. The van der Waals surface area contributed by atoms with Gasteiger partial charge >= 0.3 is 5.97 Å². The number of hydrogen-bond acceptors (Lipinski definition) is 7. The van der Waals surface area contributed by atoms with Crippen LogP contribution in [0.3, 0.4) is 0 Å². The molecule has 1 aliphatic rings. The van der Waals surface area contributed by atoms with Crippen LogP contribution in [0, 0.1) is 0 Å². The van der Waals surface area contributed by atoms with Gasteiger partial charge in [-0.2, -0.15) is 0 Å². The van der Waals surface area contributed by atoms with Gasteiger partial charge in [0.15, 0.2) is 23.7 Å². The molecule has 3 aromatic rings. The van der Waals surface area contributed by atoms with Crippen molar-refractivity contribution >= 4 is 29.1 Å². The summed E-state index contributed by atoms with van der Waals surface area (Å²) in [5.74, 6) is 0.531. The molecule has 154 valence electrons. The van der Waals surface area contributed by atoms with Gasteiger partial charge in [-0.05, 0) is 36.8 Å². The van der Waals surface area contributed by atoms with Gasteiger partial charge in [0.05, 0.1) is 6.04 Å². The van der Waals surface area contributed by atoms with E-state index in [4.69, 9.17) is 18.6 Å². The molecule has 4 rings (SSSR count). The Bertz CT molecular complexity index is 1070. The van der Waals surface area contributed by atoms with Gasteiger partial charge in [-0.25, -0.2) is 9.78 Å². The molecular formula is C22H20N2O6. The molecule has 0 bridgehead atoms. The zero-order chi connectivity index (χ0) is 20.9. The van der Waals surface area contributed by atoms with E-state index in [1.54, 1.807) is 6.07 Å².